The molecule has 0 spiro atoms. The Morgan fingerprint density at radius 2 is 2.08 bits per heavy atom. The minimum absolute atomic E-state index is 0.129. The van der Waals surface area contributed by atoms with Crippen molar-refractivity contribution in [1.29, 1.82) is 0 Å². The van der Waals surface area contributed by atoms with Gasteiger partial charge >= 0.3 is 0 Å². The van der Waals surface area contributed by atoms with Crippen molar-refractivity contribution in [3.8, 4) is 0 Å². The molecule has 0 amide bonds. The Kier molecular flexibility index (Phi) is 4.70. The molecule has 0 saturated heterocycles. The predicted molar refractivity (Wildman–Crippen MR) is 52.8 cm³/mol. The molecule has 3 heteroatoms. The molecular formula is C10H21NO2. The average molecular weight is 187 g/mol. The van der Waals surface area contributed by atoms with Crippen LogP contribution in [0.1, 0.15) is 25.7 Å². The molecule has 3 nitrogen and oxygen atoms in total. The van der Waals surface area contributed by atoms with Gasteiger partial charge in [-0.1, -0.05) is 12.8 Å². The monoisotopic (exact) mass is 187 g/mol. The molecule has 13 heavy (non-hydrogen) atoms. The number of ether oxygens (including phenoxy) is 1. The van der Waals surface area contributed by atoms with E-state index < -0.39 is 0 Å². The van der Waals surface area contributed by atoms with Crippen LogP contribution in [0.3, 0.4) is 0 Å². The summed E-state index contributed by atoms with van der Waals surface area (Å²) in [6.07, 6.45) is 4.38. The predicted octanol–water partition coefficient (Wildman–Crippen LogP) is 0.868. The number of rotatable bonds is 4. The van der Waals surface area contributed by atoms with E-state index in [0.29, 0.717) is 6.04 Å². The van der Waals surface area contributed by atoms with Crippen LogP contribution in [0.2, 0.25) is 0 Å². The van der Waals surface area contributed by atoms with Crippen LogP contribution in [0.5, 0.6) is 0 Å². The zero-order chi connectivity index (χ0) is 9.68. The molecule has 1 aliphatic rings. The second-order valence-electron chi connectivity index (χ2n) is 3.89. The molecular weight excluding hydrogens is 166 g/mol. The Morgan fingerprint density at radius 1 is 1.38 bits per heavy atom. The molecule has 0 aliphatic heterocycles. The van der Waals surface area contributed by atoms with Crippen molar-refractivity contribution in [2.24, 2.45) is 0 Å². The van der Waals surface area contributed by atoms with Crippen molar-refractivity contribution in [2.45, 2.75) is 37.8 Å². The minimum atomic E-state index is -0.129. The highest BCUT2D eigenvalue weighted by molar-refractivity contribution is 4.81. The molecule has 1 rings (SSSR count). The van der Waals surface area contributed by atoms with Crippen LogP contribution in [0.25, 0.3) is 0 Å². The van der Waals surface area contributed by atoms with Gasteiger partial charge < -0.3 is 9.84 Å². The van der Waals surface area contributed by atoms with Crippen molar-refractivity contribution in [2.75, 3.05) is 27.3 Å². The molecule has 1 fully saturated rings. The van der Waals surface area contributed by atoms with Crippen LogP contribution >= 0.6 is 0 Å². The van der Waals surface area contributed by atoms with Gasteiger partial charge in [0, 0.05) is 19.7 Å². The van der Waals surface area contributed by atoms with Crippen molar-refractivity contribution in [1.82, 2.24) is 4.90 Å². The largest absolute Gasteiger partial charge is 0.391 e. The number of likely N-dealkylation sites (N-methyl/N-ethyl adjacent to an activating group) is 1. The molecule has 0 aromatic heterocycles. The van der Waals surface area contributed by atoms with Gasteiger partial charge in [0.25, 0.3) is 0 Å². The molecule has 0 heterocycles. The fraction of sp³-hybridized carbons (Fsp3) is 1.00. The Morgan fingerprint density at radius 3 is 2.69 bits per heavy atom. The van der Waals surface area contributed by atoms with Crippen LogP contribution in [0.4, 0.5) is 0 Å². The second kappa shape index (κ2) is 5.58. The Labute approximate surface area is 80.7 Å². The molecule has 0 radical (unpaired) electrons. The maximum Gasteiger partial charge on any atom is 0.0695 e. The van der Waals surface area contributed by atoms with Gasteiger partial charge in [0.15, 0.2) is 0 Å². The van der Waals surface area contributed by atoms with Crippen LogP contribution in [-0.2, 0) is 4.74 Å². The van der Waals surface area contributed by atoms with E-state index in [1.54, 1.807) is 7.11 Å². The molecule has 0 aromatic rings. The van der Waals surface area contributed by atoms with Crippen molar-refractivity contribution in [3.05, 3.63) is 0 Å². The van der Waals surface area contributed by atoms with E-state index in [1.807, 2.05) is 0 Å². The zero-order valence-corrected chi connectivity index (χ0v) is 8.70. The number of hydrogen-bond acceptors (Lipinski definition) is 3. The Balaban J connectivity index is 2.30. The van der Waals surface area contributed by atoms with E-state index in [9.17, 15) is 5.11 Å². The maximum absolute atomic E-state index is 9.76. The van der Waals surface area contributed by atoms with Gasteiger partial charge in [0.2, 0.25) is 0 Å². The normalized spacial score (nSPS) is 29.5. The molecule has 1 N–H and O–H groups in total. The third-order valence-corrected chi connectivity index (χ3v) is 2.91. The topological polar surface area (TPSA) is 32.7 Å². The lowest BCUT2D eigenvalue weighted by Gasteiger charge is -2.34. The Bertz CT molecular complexity index is 141. The summed E-state index contributed by atoms with van der Waals surface area (Å²) in [6, 6.07) is 0.351. The van der Waals surface area contributed by atoms with Gasteiger partial charge in [-0.05, 0) is 19.9 Å². The molecule has 2 atom stereocenters. The number of hydrogen-bond donors (Lipinski definition) is 1. The summed E-state index contributed by atoms with van der Waals surface area (Å²) in [5.74, 6) is 0. The van der Waals surface area contributed by atoms with Gasteiger partial charge in [-0.25, -0.2) is 0 Å². The SMILES string of the molecule is COCCN(C)C1CCCCC1O. The highest BCUT2D eigenvalue weighted by Gasteiger charge is 2.25. The van der Waals surface area contributed by atoms with Crippen molar-refractivity contribution in [3.63, 3.8) is 0 Å². The first-order valence-corrected chi connectivity index (χ1v) is 5.13. The van der Waals surface area contributed by atoms with Gasteiger partial charge in [0.05, 0.1) is 12.7 Å². The fourth-order valence-electron chi connectivity index (χ4n) is 2.01. The number of aliphatic hydroxyl groups is 1. The van der Waals surface area contributed by atoms with Crippen molar-refractivity contribution < 1.29 is 9.84 Å². The summed E-state index contributed by atoms with van der Waals surface area (Å²) in [5.41, 5.74) is 0. The van der Waals surface area contributed by atoms with Crippen LogP contribution < -0.4 is 0 Å². The number of aliphatic hydroxyl groups excluding tert-OH is 1. The third-order valence-electron chi connectivity index (χ3n) is 2.91. The van der Waals surface area contributed by atoms with Crippen molar-refractivity contribution >= 4 is 0 Å². The summed E-state index contributed by atoms with van der Waals surface area (Å²) >= 11 is 0. The summed E-state index contributed by atoms with van der Waals surface area (Å²) in [4.78, 5) is 2.22. The molecule has 1 saturated carbocycles. The van der Waals surface area contributed by atoms with E-state index >= 15 is 0 Å². The molecule has 0 aromatic carbocycles. The quantitative estimate of drug-likeness (QED) is 0.709. The lowest BCUT2D eigenvalue weighted by Crippen LogP contribution is -2.44. The zero-order valence-electron chi connectivity index (χ0n) is 8.70. The Hall–Kier alpha value is -0.120. The van der Waals surface area contributed by atoms with E-state index in [1.165, 1.54) is 12.8 Å². The molecule has 78 valence electrons. The van der Waals surface area contributed by atoms with Crippen LogP contribution in [0.15, 0.2) is 0 Å². The van der Waals surface area contributed by atoms with Crippen LogP contribution in [0, 0.1) is 0 Å². The lowest BCUT2D eigenvalue weighted by molar-refractivity contribution is 0.0219. The first-order valence-electron chi connectivity index (χ1n) is 5.13. The first kappa shape index (κ1) is 11.0. The minimum Gasteiger partial charge on any atom is -0.391 e. The van der Waals surface area contributed by atoms with Gasteiger partial charge in [-0.3, -0.25) is 4.90 Å². The number of nitrogens with zero attached hydrogens (tertiary/aromatic N) is 1. The lowest BCUT2D eigenvalue weighted by atomic mass is 9.92. The smallest absolute Gasteiger partial charge is 0.0695 e. The fourth-order valence-corrected chi connectivity index (χ4v) is 2.01. The first-order chi connectivity index (χ1) is 6.25. The second-order valence-corrected chi connectivity index (χ2v) is 3.89. The van der Waals surface area contributed by atoms with E-state index in [2.05, 4.69) is 11.9 Å². The van der Waals surface area contributed by atoms with Gasteiger partial charge in [-0.15, -0.1) is 0 Å². The van der Waals surface area contributed by atoms with E-state index in [-0.39, 0.29) is 6.10 Å². The summed E-state index contributed by atoms with van der Waals surface area (Å²) in [5, 5.41) is 9.76. The number of methoxy groups -OCH3 is 1. The van der Waals surface area contributed by atoms with E-state index in [4.69, 9.17) is 4.74 Å². The van der Waals surface area contributed by atoms with Crippen LogP contribution in [-0.4, -0.2) is 49.5 Å². The summed E-state index contributed by atoms with van der Waals surface area (Å²) in [7, 11) is 3.78. The summed E-state index contributed by atoms with van der Waals surface area (Å²) in [6.45, 7) is 1.66. The van der Waals surface area contributed by atoms with Gasteiger partial charge in [0.1, 0.15) is 0 Å². The molecule has 0 bridgehead atoms. The standard InChI is InChI=1S/C10H21NO2/c1-11(7-8-13-2)9-5-3-4-6-10(9)12/h9-10,12H,3-8H2,1-2H3. The molecule has 2 unspecified atom stereocenters. The summed E-state index contributed by atoms with van der Waals surface area (Å²) < 4.78 is 5.02. The highest BCUT2D eigenvalue weighted by Crippen LogP contribution is 2.21. The maximum atomic E-state index is 9.76. The molecule has 1 aliphatic carbocycles. The highest BCUT2D eigenvalue weighted by atomic mass is 16.5. The third kappa shape index (κ3) is 3.25. The average Bonchev–Trinajstić information content (AvgIpc) is 2.15. The van der Waals surface area contributed by atoms with Gasteiger partial charge in [-0.2, -0.15) is 0 Å². The van der Waals surface area contributed by atoms with E-state index in [0.717, 1.165) is 26.0 Å².